The van der Waals surface area contributed by atoms with E-state index in [0.29, 0.717) is 0 Å². The fourth-order valence-corrected chi connectivity index (χ4v) is 2.05. The molecule has 1 aliphatic rings. The van der Waals surface area contributed by atoms with Crippen molar-refractivity contribution in [1.29, 1.82) is 0 Å². The minimum absolute atomic E-state index is 0. The second kappa shape index (κ2) is 13.9. The van der Waals surface area contributed by atoms with Gasteiger partial charge in [-0.15, -0.1) is 0 Å². The van der Waals surface area contributed by atoms with Crippen LogP contribution in [0, 0.1) is 0 Å². The van der Waals surface area contributed by atoms with Crippen molar-refractivity contribution in [3.63, 3.8) is 0 Å². The Morgan fingerprint density at radius 1 is 1.00 bits per heavy atom. The molecule has 4 unspecified atom stereocenters. The van der Waals surface area contributed by atoms with Crippen molar-refractivity contribution in [2.75, 3.05) is 13.7 Å². The van der Waals surface area contributed by atoms with Crippen LogP contribution in [0.25, 0.3) is 0 Å². The first kappa shape index (κ1) is 27.0. The van der Waals surface area contributed by atoms with Gasteiger partial charge in [0.2, 0.25) is 0 Å². The molecular weight excluding hydrogens is 541 g/mol. The van der Waals surface area contributed by atoms with Crippen molar-refractivity contribution >= 4 is 23.9 Å². The summed E-state index contributed by atoms with van der Waals surface area (Å²) in [6, 6.07) is 0. The van der Waals surface area contributed by atoms with Crippen molar-refractivity contribution in [1.82, 2.24) is 0 Å². The number of methoxy groups -OCH3 is 1. The molecule has 1 heterocycles. The summed E-state index contributed by atoms with van der Waals surface area (Å²) in [4.78, 5) is 42.2. The molecule has 1 aliphatic heterocycles. The van der Waals surface area contributed by atoms with Crippen molar-refractivity contribution in [3.8, 4) is 0 Å². The Labute approximate surface area is 171 Å². The third-order valence-corrected chi connectivity index (χ3v) is 2.82. The maximum atomic E-state index is 11.2. The molecule has 10 nitrogen and oxygen atoms in total. The zero-order chi connectivity index (χ0) is 19.6. The molecule has 0 aromatic carbocycles. The Bertz CT molecular complexity index is 477. The summed E-state index contributed by atoms with van der Waals surface area (Å²) in [5.74, 6) is -2.65. The molecule has 26 heavy (non-hydrogen) atoms. The van der Waals surface area contributed by atoms with Crippen LogP contribution < -0.4 is 5.11 Å². The molecular formula is C15H23HgO10. The van der Waals surface area contributed by atoms with Gasteiger partial charge >= 0.3 is 45.6 Å². The van der Waals surface area contributed by atoms with Gasteiger partial charge in [-0.3, -0.25) is 14.4 Å². The van der Waals surface area contributed by atoms with Gasteiger partial charge in [-0.25, -0.2) is 0 Å². The number of carboxylic acid groups (broad SMARTS) is 1. The Morgan fingerprint density at radius 3 is 1.88 bits per heavy atom. The van der Waals surface area contributed by atoms with E-state index in [4.69, 9.17) is 33.6 Å². The molecule has 0 aliphatic carbocycles. The van der Waals surface area contributed by atoms with Crippen LogP contribution in [0.3, 0.4) is 0 Å². The molecule has 11 heteroatoms. The standard InChI is InChI=1S/C13H20O8.C2H4O2.Hg/c1-7(14)18-6-11-13(20-9(3)16)10(19-8(2)15)5-12(17-4)21-11;1-2(3)4;/h10-13H,5-6H2,1-4H3;1H3,(H,3,4);/q;;+1/p-1. The van der Waals surface area contributed by atoms with Crippen LogP contribution in [-0.2, 0) is 70.5 Å². The second-order valence-electron chi connectivity index (χ2n) is 5.09. The average molecular weight is 564 g/mol. The number of hydrogen-bond acceptors (Lipinski definition) is 10. The molecule has 0 aromatic heterocycles. The quantitative estimate of drug-likeness (QED) is 0.231. The molecule has 0 spiro atoms. The Morgan fingerprint density at radius 2 is 1.50 bits per heavy atom. The van der Waals surface area contributed by atoms with Crippen molar-refractivity contribution in [3.05, 3.63) is 0 Å². The summed E-state index contributed by atoms with van der Waals surface area (Å²) in [6.07, 6.45) is -2.81. The third kappa shape index (κ3) is 12.1. The van der Waals surface area contributed by atoms with Crippen LogP contribution >= 0.6 is 0 Å². The van der Waals surface area contributed by atoms with E-state index in [1.54, 1.807) is 0 Å². The number of carbonyl (C=O) groups is 4. The zero-order valence-electron chi connectivity index (χ0n) is 15.5. The molecule has 0 saturated carbocycles. The van der Waals surface area contributed by atoms with Gasteiger partial charge in [0.05, 0.1) is 0 Å². The largest absolute Gasteiger partial charge is 1.00 e. The zero-order valence-corrected chi connectivity index (χ0v) is 21.0. The average Bonchev–Trinajstić information content (AvgIpc) is 2.45. The molecule has 4 atom stereocenters. The van der Waals surface area contributed by atoms with Gasteiger partial charge in [0.25, 0.3) is 0 Å². The number of rotatable bonds is 5. The number of carboxylic acids is 1. The van der Waals surface area contributed by atoms with Crippen LogP contribution in [0.4, 0.5) is 0 Å². The fraction of sp³-hybridized carbons (Fsp3) is 0.733. The summed E-state index contributed by atoms with van der Waals surface area (Å²) in [6.45, 7) is 4.57. The van der Waals surface area contributed by atoms with Crippen molar-refractivity contribution in [2.45, 2.75) is 58.7 Å². The van der Waals surface area contributed by atoms with Gasteiger partial charge in [0, 0.05) is 40.3 Å². The number of aliphatic carboxylic acids is 1. The molecule has 0 N–H and O–H groups in total. The van der Waals surface area contributed by atoms with E-state index < -0.39 is 48.5 Å². The first-order valence-corrected chi connectivity index (χ1v) is 7.40. The van der Waals surface area contributed by atoms with Crippen LogP contribution in [-0.4, -0.2) is 62.2 Å². The predicted molar refractivity (Wildman–Crippen MR) is 78.7 cm³/mol. The van der Waals surface area contributed by atoms with Crippen molar-refractivity contribution in [2.24, 2.45) is 0 Å². The van der Waals surface area contributed by atoms with E-state index in [-0.39, 0.29) is 40.7 Å². The van der Waals surface area contributed by atoms with E-state index in [9.17, 15) is 14.4 Å². The van der Waals surface area contributed by atoms with Gasteiger partial charge in [-0.05, 0) is 6.92 Å². The van der Waals surface area contributed by atoms with E-state index in [0.717, 1.165) is 6.92 Å². The molecule has 1 saturated heterocycles. The van der Waals surface area contributed by atoms with Gasteiger partial charge in [-0.2, -0.15) is 0 Å². The fourth-order valence-electron chi connectivity index (χ4n) is 2.05. The van der Waals surface area contributed by atoms with Gasteiger partial charge in [0.15, 0.2) is 12.4 Å². The normalized spacial score (nSPS) is 24.0. The summed E-state index contributed by atoms with van der Waals surface area (Å²) in [5, 5.41) is 8.89. The minimum atomic E-state index is -1.08. The number of ether oxygens (including phenoxy) is 5. The Hall–Kier alpha value is -1.26. The van der Waals surface area contributed by atoms with Crippen molar-refractivity contribution < 1.29 is 75.6 Å². The van der Waals surface area contributed by atoms with E-state index in [1.807, 2.05) is 0 Å². The number of esters is 3. The molecule has 0 amide bonds. The maximum absolute atomic E-state index is 11.2. The van der Waals surface area contributed by atoms with E-state index in [1.165, 1.54) is 27.9 Å². The molecule has 1 rings (SSSR count). The summed E-state index contributed by atoms with van der Waals surface area (Å²) >= 11 is 0. The SMILES string of the molecule is CC(=O)[O-].COC1CC(OC(C)=O)C(OC(C)=O)C(COC(C)=O)O1.[Hg+]. The second-order valence-corrected chi connectivity index (χ2v) is 5.09. The summed E-state index contributed by atoms with van der Waals surface area (Å²) in [7, 11) is 1.44. The number of hydrogen-bond donors (Lipinski definition) is 0. The molecule has 0 aromatic rings. The van der Waals surface area contributed by atoms with Crippen LogP contribution in [0.5, 0.6) is 0 Å². The smallest absolute Gasteiger partial charge is 0.550 e. The molecule has 1 fully saturated rings. The van der Waals surface area contributed by atoms with Gasteiger partial charge in [0.1, 0.15) is 18.8 Å². The third-order valence-electron chi connectivity index (χ3n) is 2.82. The Balaban J connectivity index is 0. The van der Waals surface area contributed by atoms with Crippen LogP contribution in [0.1, 0.15) is 34.1 Å². The molecule has 0 bridgehead atoms. The summed E-state index contributed by atoms with van der Waals surface area (Å²) in [5.41, 5.74) is 0. The van der Waals surface area contributed by atoms with Gasteiger partial charge < -0.3 is 33.6 Å². The van der Waals surface area contributed by atoms with Crippen LogP contribution in [0.2, 0.25) is 0 Å². The maximum Gasteiger partial charge on any atom is 1.00 e. The molecule has 1 radical (unpaired) electrons. The first-order chi connectivity index (χ1) is 11.6. The Kier molecular flexibility index (Phi) is 14.4. The van der Waals surface area contributed by atoms with E-state index in [2.05, 4.69) is 0 Å². The van der Waals surface area contributed by atoms with E-state index >= 15 is 0 Å². The summed E-state index contributed by atoms with van der Waals surface area (Å²) < 4.78 is 25.8. The van der Waals surface area contributed by atoms with Crippen LogP contribution in [0.15, 0.2) is 0 Å². The monoisotopic (exact) mass is 565 g/mol. The predicted octanol–water partition coefficient (Wildman–Crippen LogP) is -1.07. The molecule has 145 valence electrons. The number of carbonyl (C=O) groups excluding carboxylic acids is 4. The first-order valence-electron chi connectivity index (χ1n) is 7.40. The topological polar surface area (TPSA) is 137 Å². The van der Waals surface area contributed by atoms with Gasteiger partial charge in [-0.1, -0.05) is 0 Å². The minimum Gasteiger partial charge on any atom is -0.550 e.